The molecule has 56 valence electrons. The fourth-order valence-corrected chi connectivity index (χ4v) is 0.838. The molecule has 2 N–H and O–H groups in total. The van der Waals surface area contributed by atoms with Crippen molar-refractivity contribution in [2.75, 3.05) is 6.54 Å². The SMILES string of the molecule is Cc1ocnc1CCCN. The van der Waals surface area contributed by atoms with Crippen LogP contribution in [0.5, 0.6) is 0 Å². The van der Waals surface area contributed by atoms with Crippen LogP contribution in [0.2, 0.25) is 0 Å². The lowest BCUT2D eigenvalue weighted by atomic mass is 10.2. The molecule has 0 saturated carbocycles. The van der Waals surface area contributed by atoms with Crippen LogP contribution in [0.4, 0.5) is 0 Å². The fourth-order valence-electron chi connectivity index (χ4n) is 0.838. The van der Waals surface area contributed by atoms with Gasteiger partial charge in [0.2, 0.25) is 0 Å². The Bertz CT molecular complexity index is 195. The number of hydrogen-bond acceptors (Lipinski definition) is 3. The summed E-state index contributed by atoms with van der Waals surface area (Å²) in [5.41, 5.74) is 6.37. The molecular formula is C7H12N2O. The van der Waals surface area contributed by atoms with Crippen molar-refractivity contribution < 1.29 is 4.42 Å². The van der Waals surface area contributed by atoms with E-state index in [2.05, 4.69) is 4.98 Å². The summed E-state index contributed by atoms with van der Waals surface area (Å²) in [6, 6.07) is 0. The van der Waals surface area contributed by atoms with Crippen molar-refractivity contribution in [3.8, 4) is 0 Å². The third kappa shape index (κ3) is 1.57. The average Bonchev–Trinajstić information content (AvgIpc) is 2.31. The Kier molecular flexibility index (Phi) is 2.45. The lowest BCUT2D eigenvalue weighted by Crippen LogP contribution is -2.00. The number of hydrogen-bond donors (Lipinski definition) is 1. The zero-order valence-corrected chi connectivity index (χ0v) is 6.13. The van der Waals surface area contributed by atoms with Crippen molar-refractivity contribution >= 4 is 0 Å². The molecule has 0 radical (unpaired) electrons. The summed E-state index contributed by atoms with van der Waals surface area (Å²) in [7, 11) is 0. The molecule has 10 heavy (non-hydrogen) atoms. The first-order valence-electron chi connectivity index (χ1n) is 3.43. The van der Waals surface area contributed by atoms with Gasteiger partial charge < -0.3 is 10.2 Å². The third-order valence-corrected chi connectivity index (χ3v) is 1.46. The molecule has 0 saturated heterocycles. The van der Waals surface area contributed by atoms with Gasteiger partial charge in [-0.05, 0) is 26.3 Å². The van der Waals surface area contributed by atoms with Crippen molar-refractivity contribution in [2.45, 2.75) is 19.8 Å². The molecule has 3 nitrogen and oxygen atoms in total. The second kappa shape index (κ2) is 3.37. The smallest absolute Gasteiger partial charge is 0.181 e. The second-order valence-electron chi connectivity index (χ2n) is 2.25. The first-order chi connectivity index (χ1) is 4.84. The molecule has 0 aliphatic rings. The molecular weight excluding hydrogens is 128 g/mol. The highest BCUT2D eigenvalue weighted by Crippen LogP contribution is 2.05. The Morgan fingerprint density at radius 3 is 3.00 bits per heavy atom. The first kappa shape index (κ1) is 7.28. The van der Waals surface area contributed by atoms with E-state index in [4.69, 9.17) is 10.2 Å². The highest BCUT2D eigenvalue weighted by molar-refractivity contribution is 5.04. The van der Waals surface area contributed by atoms with Crippen molar-refractivity contribution in [3.05, 3.63) is 17.8 Å². The Hall–Kier alpha value is -0.830. The quantitative estimate of drug-likeness (QED) is 0.677. The molecule has 0 fully saturated rings. The van der Waals surface area contributed by atoms with Gasteiger partial charge in [0.1, 0.15) is 5.76 Å². The van der Waals surface area contributed by atoms with E-state index in [0.29, 0.717) is 6.54 Å². The molecule has 0 amide bonds. The van der Waals surface area contributed by atoms with Gasteiger partial charge in [0, 0.05) is 0 Å². The zero-order chi connectivity index (χ0) is 7.40. The fraction of sp³-hybridized carbons (Fsp3) is 0.571. The average molecular weight is 140 g/mol. The summed E-state index contributed by atoms with van der Waals surface area (Å²) in [5.74, 6) is 0.911. The Balaban J connectivity index is 2.49. The minimum absolute atomic E-state index is 0.715. The lowest BCUT2D eigenvalue weighted by Gasteiger charge is -1.92. The van der Waals surface area contributed by atoms with E-state index in [0.717, 1.165) is 24.3 Å². The molecule has 0 bridgehead atoms. The van der Waals surface area contributed by atoms with Crippen LogP contribution in [0.15, 0.2) is 10.8 Å². The summed E-state index contributed by atoms with van der Waals surface area (Å²) in [4.78, 5) is 4.03. The number of rotatable bonds is 3. The maximum Gasteiger partial charge on any atom is 0.181 e. The van der Waals surface area contributed by atoms with Crippen molar-refractivity contribution in [1.82, 2.24) is 4.98 Å². The summed E-state index contributed by atoms with van der Waals surface area (Å²) in [6.07, 6.45) is 3.38. The maximum absolute atomic E-state index is 5.34. The van der Waals surface area contributed by atoms with Gasteiger partial charge in [0.15, 0.2) is 6.39 Å². The van der Waals surface area contributed by atoms with Crippen molar-refractivity contribution in [2.24, 2.45) is 5.73 Å². The van der Waals surface area contributed by atoms with Crippen LogP contribution in [0.1, 0.15) is 17.9 Å². The highest BCUT2D eigenvalue weighted by Gasteiger charge is 2.00. The standard InChI is InChI=1S/C7H12N2O/c1-6-7(3-2-4-8)9-5-10-6/h5H,2-4,8H2,1H3. The number of nitrogens with zero attached hydrogens (tertiary/aromatic N) is 1. The molecule has 1 heterocycles. The van der Waals surface area contributed by atoms with Crippen LogP contribution in [0.3, 0.4) is 0 Å². The maximum atomic E-state index is 5.34. The Morgan fingerprint density at radius 2 is 2.50 bits per heavy atom. The van der Waals surface area contributed by atoms with E-state index >= 15 is 0 Å². The van der Waals surface area contributed by atoms with Crippen LogP contribution >= 0.6 is 0 Å². The molecule has 0 atom stereocenters. The van der Waals surface area contributed by atoms with Crippen LogP contribution in [-0.4, -0.2) is 11.5 Å². The molecule has 1 rings (SSSR count). The molecule has 3 heteroatoms. The van der Waals surface area contributed by atoms with Gasteiger partial charge in [-0.3, -0.25) is 0 Å². The lowest BCUT2D eigenvalue weighted by molar-refractivity contribution is 0.524. The summed E-state index contributed by atoms with van der Waals surface area (Å²) < 4.78 is 5.01. The van der Waals surface area contributed by atoms with Gasteiger partial charge >= 0.3 is 0 Å². The minimum atomic E-state index is 0.715. The van der Waals surface area contributed by atoms with Gasteiger partial charge in [0.05, 0.1) is 5.69 Å². The highest BCUT2D eigenvalue weighted by atomic mass is 16.3. The topological polar surface area (TPSA) is 52.0 Å². The van der Waals surface area contributed by atoms with Crippen LogP contribution in [-0.2, 0) is 6.42 Å². The van der Waals surface area contributed by atoms with Crippen LogP contribution < -0.4 is 5.73 Å². The van der Waals surface area contributed by atoms with Gasteiger partial charge in [-0.1, -0.05) is 0 Å². The van der Waals surface area contributed by atoms with E-state index in [1.807, 2.05) is 6.92 Å². The molecule has 1 aromatic heterocycles. The summed E-state index contributed by atoms with van der Waals surface area (Å²) >= 11 is 0. The van der Waals surface area contributed by atoms with E-state index in [1.165, 1.54) is 6.39 Å². The van der Waals surface area contributed by atoms with Gasteiger partial charge in [-0.2, -0.15) is 0 Å². The predicted octanol–water partition coefficient (Wildman–Crippen LogP) is 0.874. The Labute approximate surface area is 60.2 Å². The normalized spacial score (nSPS) is 10.2. The van der Waals surface area contributed by atoms with E-state index < -0.39 is 0 Å². The van der Waals surface area contributed by atoms with Crippen molar-refractivity contribution in [3.63, 3.8) is 0 Å². The predicted molar refractivity (Wildman–Crippen MR) is 38.6 cm³/mol. The van der Waals surface area contributed by atoms with Crippen molar-refractivity contribution in [1.29, 1.82) is 0 Å². The molecule has 0 unspecified atom stereocenters. The van der Waals surface area contributed by atoms with Crippen LogP contribution in [0, 0.1) is 6.92 Å². The van der Waals surface area contributed by atoms with Gasteiger partial charge in [-0.25, -0.2) is 4.98 Å². The summed E-state index contributed by atoms with van der Waals surface area (Å²) in [5, 5.41) is 0. The summed E-state index contributed by atoms with van der Waals surface area (Å²) in [6.45, 7) is 2.63. The monoisotopic (exact) mass is 140 g/mol. The van der Waals surface area contributed by atoms with Gasteiger partial charge in [0.25, 0.3) is 0 Å². The number of aromatic nitrogens is 1. The van der Waals surface area contributed by atoms with Crippen LogP contribution in [0.25, 0.3) is 0 Å². The van der Waals surface area contributed by atoms with E-state index in [9.17, 15) is 0 Å². The molecule has 0 aliphatic heterocycles. The minimum Gasteiger partial charge on any atom is -0.449 e. The van der Waals surface area contributed by atoms with Gasteiger partial charge in [-0.15, -0.1) is 0 Å². The largest absolute Gasteiger partial charge is 0.449 e. The molecule has 0 spiro atoms. The number of nitrogens with two attached hydrogens (primary N) is 1. The molecule has 0 aromatic carbocycles. The number of aryl methyl sites for hydroxylation is 2. The molecule has 1 aromatic rings. The Morgan fingerprint density at radius 1 is 1.70 bits per heavy atom. The third-order valence-electron chi connectivity index (χ3n) is 1.46. The number of oxazole rings is 1. The second-order valence-corrected chi connectivity index (χ2v) is 2.25. The van der Waals surface area contributed by atoms with E-state index in [1.54, 1.807) is 0 Å². The molecule has 0 aliphatic carbocycles. The van der Waals surface area contributed by atoms with E-state index in [-0.39, 0.29) is 0 Å². The zero-order valence-electron chi connectivity index (χ0n) is 6.13. The first-order valence-corrected chi connectivity index (χ1v) is 3.43.